The van der Waals surface area contributed by atoms with E-state index in [2.05, 4.69) is 44.2 Å². The van der Waals surface area contributed by atoms with E-state index in [1.807, 2.05) is 12.1 Å². The van der Waals surface area contributed by atoms with Gasteiger partial charge in [-0.2, -0.15) is 0 Å². The van der Waals surface area contributed by atoms with Gasteiger partial charge in [-0.1, -0.05) is 50.2 Å². The Morgan fingerprint density at radius 3 is 2.54 bits per heavy atom. The van der Waals surface area contributed by atoms with Crippen LogP contribution in [0.1, 0.15) is 49.0 Å². The van der Waals surface area contributed by atoms with Gasteiger partial charge in [0.15, 0.2) is 5.78 Å². The maximum Gasteiger partial charge on any atom is 0.189 e. The van der Waals surface area contributed by atoms with Crippen molar-refractivity contribution < 1.29 is 14.6 Å². The molecular formula is C23H28O3. The van der Waals surface area contributed by atoms with E-state index in [-0.39, 0.29) is 12.4 Å². The molecule has 1 aliphatic carbocycles. The summed E-state index contributed by atoms with van der Waals surface area (Å²) < 4.78 is 5.43. The number of aliphatic hydroxyl groups excluding tert-OH is 1. The smallest absolute Gasteiger partial charge is 0.189 e. The molecule has 138 valence electrons. The number of aliphatic hydroxyl groups is 1. The van der Waals surface area contributed by atoms with Crippen molar-refractivity contribution >= 4 is 22.6 Å². The molecule has 2 aromatic rings. The van der Waals surface area contributed by atoms with E-state index < -0.39 is 0 Å². The Morgan fingerprint density at radius 2 is 1.81 bits per heavy atom. The highest BCUT2D eigenvalue weighted by Crippen LogP contribution is 2.34. The Kier molecular flexibility index (Phi) is 6.23. The molecular weight excluding hydrogens is 324 g/mol. The topological polar surface area (TPSA) is 46.5 Å². The zero-order valence-corrected chi connectivity index (χ0v) is 15.7. The number of rotatable bonds is 9. The first-order valence-corrected chi connectivity index (χ1v) is 9.57. The largest absolute Gasteiger partial charge is 0.394 e. The van der Waals surface area contributed by atoms with Crippen molar-refractivity contribution in [3.05, 3.63) is 53.1 Å². The summed E-state index contributed by atoms with van der Waals surface area (Å²) in [5.74, 6) is 1.23. The molecule has 0 heterocycles. The van der Waals surface area contributed by atoms with Gasteiger partial charge in [-0.05, 0) is 48.1 Å². The average Bonchev–Trinajstić information content (AvgIpc) is 2.64. The van der Waals surface area contributed by atoms with Crippen LogP contribution in [0.4, 0.5) is 0 Å². The lowest BCUT2D eigenvalue weighted by atomic mass is 9.82. The molecule has 0 unspecified atom stereocenters. The van der Waals surface area contributed by atoms with Gasteiger partial charge >= 0.3 is 0 Å². The third kappa shape index (κ3) is 4.05. The summed E-state index contributed by atoms with van der Waals surface area (Å²) in [5.41, 5.74) is 2.90. The van der Waals surface area contributed by atoms with Crippen molar-refractivity contribution in [2.75, 3.05) is 19.8 Å². The minimum atomic E-state index is 0.0681. The maximum absolute atomic E-state index is 13.0. The molecule has 3 rings (SSSR count). The first-order chi connectivity index (χ1) is 12.6. The minimum absolute atomic E-state index is 0.0681. The summed E-state index contributed by atoms with van der Waals surface area (Å²) >= 11 is 0. The quantitative estimate of drug-likeness (QED) is 0.655. The molecule has 0 amide bonds. The molecule has 0 fully saturated rings. The summed E-state index contributed by atoms with van der Waals surface area (Å²) in [7, 11) is 0. The van der Waals surface area contributed by atoms with Crippen molar-refractivity contribution in [1.82, 2.24) is 0 Å². The SMILES string of the molecule is CC(C)[C@H](CCOCCO)CCC1=Cc2cccc3cccc(c23)C1=O. The van der Waals surface area contributed by atoms with Crippen LogP contribution in [0.5, 0.6) is 0 Å². The van der Waals surface area contributed by atoms with E-state index >= 15 is 0 Å². The molecule has 1 aliphatic rings. The first-order valence-electron chi connectivity index (χ1n) is 9.57. The van der Waals surface area contributed by atoms with Gasteiger partial charge in [0.1, 0.15) is 0 Å². The molecule has 0 spiro atoms. The second kappa shape index (κ2) is 8.61. The fourth-order valence-electron chi connectivity index (χ4n) is 3.84. The van der Waals surface area contributed by atoms with E-state index in [0.29, 0.717) is 25.0 Å². The van der Waals surface area contributed by atoms with Crippen LogP contribution in [-0.2, 0) is 4.74 Å². The van der Waals surface area contributed by atoms with Gasteiger partial charge in [-0.15, -0.1) is 0 Å². The number of ketones is 1. The molecule has 26 heavy (non-hydrogen) atoms. The van der Waals surface area contributed by atoms with Gasteiger partial charge in [0.2, 0.25) is 0 Å². The van der Waals surface area contributed by atoms with Crippen LogP contribution >= 0.6 is 0 Å². The minimum Gasteiger partial charge on any atom is -0.394 e. The Labute approximate surface area is 155 Å². The van der Waals surface area contributed by atoms with Crippen molar-refractivity contribution in [2.45, 2.75) is 33.1 Å². The average molecular weight is 352 g/mol. The number of carbonyl (C=O) groups excluding carboxylic acids is 1. The number of carbonyl (C=O) groups is 1. The maximum atomic E-state index is 13.0. The van der Waals surface area contributed by atoms with E-state index in [9.17, 15) is 4.79 Å². The van der Waals surface area contributed by atoms with Crippen LogP contribution in [0.2, 0.25) is 0 Å². The highest BCUT2D eigenvalue weighted by molar-refractivity contribution is 6.22. The molecule has 0 bridgehead atoms. The lowest BCUT2D eigenvalue weighted by molar-refractivity contribution is 0.0777. The summed E-state index contributed by atoms with van der Waals surface area (Å²) in [4.78, 5) is 13.0. The van der Waals surface area contributed by atoms with Crippen molar-refractivity contribution in [2.24, 2.45) is 11.8 Å². The van der Waals surface area contributed by atoms with E-state index in [0.717, 1.165) is 46.7 Å². The van der Waals surface area contributed by atoms with Gasteiger partial charge in [0.05, 0.1) is 13.2 Å². The van der Waals surface area contributed by atoms with Gasteiger partial charge < -0.3 is 9.84 Å². The number of allylic oxidation sites excluding steroid dienone is 1. The lowest BCUT2D eigenvalue weighted by Gasteiger charge is -2.23. The Bertz CT molecular complexity index is 799. The van der Waals surface area contributed by atoms with Crippen LogP contribution in [0, 0.1) is 11.8 Å². The van der Waals surface area contributed by atoms with Gasteiger partial charge in [-0.3, -0.25) is 4.79 Å². The number of Topliss-reactive ketones (excluding diaryl/α,β-unsaturated/α-hetero) is 1. The Balaban J connectivity index is 1.72. The first kappa shape index (κ1) is 18.8. The summed E-state index contributed by atoms with van der Waals surface area (Å²) in [6, 6.07) is 12.2. The molecule has 0 aromatic heterocycles. The number of hydrogen-bond acceptors (Lipinski definition) is 3. The molecule has 3 nitrogen and oxygen atoms in total. The van der Waals surface area contributed by atoms with Gasteiger partial charge in [0, 0.05) is 23.1 Å². The molecule has 0 aliphatic heterocycles. The van der Waals surface area contributed by atoms with Crippen molar-refractivity contribution in [3.8, 4) is 0 Å². The predicted octanol–water partition coefficient (Wildman–Crippen LogP) is 4.87. The second-order valence-corrected chi connectivity index (χ2v) is 7.42. The lowest BCUT2D eigenvalue weighted by Crippen LogP contribution is -2.15. The summed E-state index contributed by atoms with van der Waals surface area (Å²) in [6.45, 7) is 5.58. The van der Waals surface area contributed by atoms with E-state index in [1.54, 1.807) is 0 Å². The standard InChI is InChI=1S/C23H28O3/c1-16(2)17(11-13-26-14-12-24)9-10-20-15-19-7-3-5-18-6-4-8-21(22(18)19)23(20)25/h3-8,15-17,24H,9-14H2,1-2H3/t17-/m0/s1. The van der Waals surface area contributed by atoms with Crippen LogP contribution in [0.15, 0.2) is 42.0 Å². The van der Waals surface area contributed by atoms with E-state index in [1.165, 1.54) is 0 Å². The molecule has 3 heteroatoms. The van der Waals surface area contributed by atoms with Crippen LogP contribution in [0.25, 0.3) is 16.8 Å². The summed E-state index contributed by atoms with van der Waals surface area (Å²) in [6.07, 6.45) is 4.82. The molecule has 0 radical (unpaired) electrons. The molecule has 0 saturated heterocycles. The molecule has 1 N–H and O–H groups in total. The molecule has 1 atom stereocenters. The zero-order chi connectivity index (χ0) is 18.5. The number of ether oxygens (including phenoxy) is 1. The van der Waals surface area contributed by atoms with Crippen LogP contribution < -0.4 is 0 Å². The fourth-order valence-corrected chi connectivity index (χ4v) is 3.84. The summed E-state index contributed by atoms with van der Waals surface area (Å²) in [5, 5.41) is 11.0. The second-order valence-electron chi connectivity index (χ2n) is 7.42. The highest BCUT2D eigenvalue weighted by atomic mass is 16.5. The molecule has 0 saturated carbocycles. The Hall–Kier alpha value is -1.97. The molecule has 2 aromatic carbocycles. The monoisotopic (exact) mass is 352 g/mol. The van der Waals surface area contributed by atoms with Gasteiger partial charge in [-0.25, -0.2) is 0 Å². The Morgan fingerprint density at radius 1 is 1.04 bits per heavy atom. The zero-order valence-electron chi connectivity index (χ0n) is 15.7. The van der Waals surface area contributed by atoms with Gasteiger partial charge in [0.25, 0.3) is 0 Å². The normalized spacial score (nSPS) is 14.8. The number of hydrogen-bond donors (Lipinski definition) is 1. The van der Waals surface area contributed by atoms with Crippen LogP contribution in [-0.4, -0.2) is 30.7 Å². The third-order valence-electron chi connectivity index (χ3n) is 5.40. The number of benzene rings is 2. The van der Waals surface area contributed by atoms with Crippen molar-refractivity contribution in [1.29, 1.82) is 0 Å². The van der Waals surface area contributed by atoms with Crippen molar-refractivity contribution in [3.63, 3.8) is 0 Å². The third-order valence-corrected chi connectivity index (χ3v) is 5.40. The van der Waals surface area contributed by atoms with Crippen LogP contribution in [0.3, 0.4) is 0 Å². The fraction of sp³-hybridized carbons (Fsp3) is 0.435. The van der Waals surface area contributed by atoms with E-state index in [4.69, 9.17) is 9.84 Å². The predicted molar refractivity (Wildman–Crippen MR) is 106 cm³/mol. The highest BCUT2D eigenvalue weighted by Gasteiger charge is 2.23.